The number of carbonyl (C=O) groups excluding carboxylic acids is 1. The summed E-state index contributed by atoms with van der Waals surface area (Å²) in [5, 5.41) is 1.98. The molecule has 4 aromatic rings. The molecule has 0 atom stereocenters. The van der Waals surface area contributed by atoms with E-state index in [1.54, 1.807) is 4.57 Å². The molecule has 2 aliphatic rings. The zero-order valence-electron chi connectivity index (χ0n) is 23.9. The predicted molar refractivity (Wildman–Crippen MR) is 154 cm³/mol. The van der Waals surface area contributed by atoms with Gasteiger partial charge in [0.1, 0.15) is 5.60 Å². The summed E-state index contributed by atoms with van der Waals surface area (Å²) in [6, 6.07) is 19.1. The van der Waals surface area contributed by atoms with Crippen molar-refractivity contribution in [3.8, 4) is 11.1 Å². The lowest BCUT2D eigenvalue weighted by Crippen LogP contribution is -2.41. The van der Waals surface area contributed by atoms with Crippen LogP contribution in [0, 0.1) is 0 Å². The van der Waals surface area contributed by atoms with Gasteiger partial charge in [0, 0.05) is 16.2 Å². The molecular formula is C32H36BNO4. The van der Waals surface area contributed by atoms with Gasteiger partial charge in [-0.1, -0.05) is 50.2 Å². The van der Waals surface area contributed by atoms with E-state index in [0.29, 0.717) is 0 Å². The molecule has 1 saturated heterocycles. The average Bonchev–Trinajstić information content (AvgIpc) is 3.33. The van der Waals surface area contributed by atoms with Crippen LogP contribution in [-0.2, 0) is 19.5 Å². The van der Waals surface area contributed by atoms with Gasteiger partial charge in [-0.15, -0.1) is 0 Å². The lowest BCUT2D eigenvalue weighted by atomic mass is 9.78. The van der Waals surface area contributed by atoms with E-state index in [2.05, 4.69) is 84.0 Å². The molecule has 1 aromatic heterocycles. The Morgan fingerprint density at radius 3 is 2.08 bits per heavy atom. The Bertz CT molecular complexity index is 1620. The molecule has 0 unspecified atom stereocenters. The largest absolute Gasteiger partial charge is 0.494 e. The number of ether oxygens (including phenoxy) is 1. The molecule has 6 heteroatoms. The van der Waals surface area contributed by atoms with Crippen LogP contribution in [0.25, 0.3) is 32.9 Å². The van der Waals surface area contributed by atoms with Crippen molar-refractivity contribution in [1.29, 1.82) is 0 Å². The highest BCUT2D eigenvalue weighted by Gasteiger charge is 2.51. The Kier molecular flexibility index (Phi) is 5.13. The normalized spacial score (nSPS) is 19.1. The van der Waals surface area contributed by atoms with E-state index in [1.807, 2.05) is 32.9 Å². The third-order valence-electron chi connectivity index (χ3n) is 8.59. The molecule has 0 N–H and O–H groups in total. The first-order valence-electron chi connectivity index (χ1n) is 13.4. The number of fused-ring (bicyclic) bond motifs is 6. The number of hydrogen-bond donors (Lipinski definition) is 0. The fourth-order valence-corrected chi connectivity index (χ4v) is 5.86. The number of rotatable bonds is 1. The van der Waals surface area contributed by atoms with Crippen LogP contribution in [0.5, 0.6) is 0 Å². The highest BCUT2D eigenvalue weighted by atomic mass is 16.7. The molecule has 38 heavy (non-hydrogen) atoms. The molecule has 3 aromatic carbocycles. The number of aromatic nitrogens is 1. The molecule has 1 aliphatic heterocycles. The van der Waals surface area contributed by atoms with Crippen LogP contribution >= 0.6 is 0 Å². The van der Waals surface area contributed by atoms with E-state index >= 15 is 0 Å². The van der Waals surface area contributed by atoms with Crippen molar-refractivity contribution in [2.24, 2.45) is 0 Å². The summed E-state index contributed by atoms with van der Waals surface area (Å²) in [6.45, 7) is 18.4. The molecule has 196 valence electrons. The summed E-state index contributed by atoms with van der Waals surface area (Å²) in [7, 11) is -0.488. The van der Waals surface area contributed by atoms with E-state index in [-0.39, 0.29) is 11.5 Å². The van der Waals surface area contributed by atoms with Gasteiger partial charge in [0.2, 0.25) is 0 Å². The van der Waals surface area contributed by atoms with Gasteiger partial charge < -0.3 is 14.0 Å². The van der Waals surface area contributed by atoms with Crippen LogP contribution in [0.15, 0.2) is 54.6 Å². The van der Waals surface area contributed by atoms with Crippen molar-refractivity contribution < 1.29 is 18.8 Å². The van der Waals surface area contributed by atoms with Crippen LogP contribution in [0.1, 0.15) is 73.4 Å². The first-order valence-corrected chi connectivity index (χ1v) is 13.4. The second kappa shape index (κ2) is 7.74. The third kappa shape index (κ3) is 3.57. The molecule has 0 saturated carbocycles. The first-order chi connectivity index (χ1) is 17.6. The summed E-state index contributed by atoms with van der Waals surface area (Å²) >= 11 is 0. The zero-order valence-corrected chi connectivity index (χ0v) is 23.9. The molecule has 1 aliphatic carbocycles. The molecule has 0 spiro atoms. The number of carbonyl (C=O) groups is 1. The topological polar surface area (TPSA) is 49.7 Å². The molecule has 1 fully saturated rings. The van der Waals surface area contributed by atoms with Crippen molar-refractivity contribution >= 4 is 40.5 Å². The minimum absolute atomic E-state index is 0.177. The van der Waals surface area contributed by atoms with Gasteiger partial charge in [0.15, 0.2) is 0 Å². The van der Waals surface area contributed by atoms with E-state index < -0.39 is 23.9 Å². The van der Waals surface area contributed by atoms with Gasteiger partial charge in [0.05, 0.1) is 22.2 Å². The maximum absolute atomic E-state index is 13.6. The smallest absolute Gasteiger partial charge is 0.443 e. The third-order valence-corrected chi connectivity index (χ3v) is 8.59. The van der Waals surface area contributed by atoms with Crippen LogP contribution < -0.4 is 5.46 Å². The highest BCUT2D eigenvalue weighted by molar-refractivity contribution is 6.62. The molecule has 2 heterocycles. The van der Waals surface area contributed by atoms with E-state index in [4.69, 9.17) is 14.0 Å². The van der Waals surface area contributed by atoms with Gasteiger partial charge in [-0.2, -0.15) is 0 Å². The lowest BCUT2D eigenvalue weighted by molar-refractivity contribution is 0.00578. The Labute approximate surface area is 225 Å². The molecule has 0 radical (unpaired) electrons. The van der Waals surface area contributed by atoms with E-state index in [9.17, 15) is 4.79 Å². The van der Waals surface area contributed by atoms with E-state index in [0.717, 1.165) is 27.3 Å². The lowest BCUT2D eigenvalue weighted by Gasteiger charge is -2.32. The van der Waals surface area contributed by atoms with Crippen molar-refractivity contribution in [3.63, 3.8) is 0 Å². The van der Waals surface area contributed by atoms with Gasteiger partial charge in [-0.3, -0.25) is 0 Å². The fraction of sp³-hybridized carbons (Fsp3) is 0.406. The Hall–Kier alpha value is -3.09. The minimum atomic E-state index is -0.616. The zero-order chi connectivity index (χ0) is 27.4. The molecule has 0 amide bonds. The maximum atomic E-state index is 13.6. The van der Waals surface area contributed by atoms with Crippen molar-refractivity contribution in [1.82, 2.24) is 4.57 Å². The Morgan fingerprint density at radius 1 is 0.789 bits per heavy atom. The summed E-state index contributed by atoms with van der Waals surface area (Å²) in [5.74, 6) is 0. The van der Waals surface area contributed by atoms with Crippen LogP contribution in [0.2, 0.25) is 0 Å². The molecule has 6 rings (SSSR count). The maximum Gasteiger partial charge on any atom is 0.494 e. The summed E-state index contributed by atoms with van der Waals surface area (Å²) in [4.78, 5) is 13.6. The van der Waals surface area contributed by atoms with Gasteiger partial charge >= 0.3 is 13.2 Å². The number of hydrogen-bond acceptors (Lipinski definition) is 4. The van der Waals surface area contributed by atoms with E-state index in [1.165, 1.54) is 22.3 Å². The number of benzene rings is 3. The van der Waals surface area contributed by atoms with Gasteiger partial charge in [-0.25, -0.2) is 9.36 Å². The van der Waals surface area contributed by atoms with Crippen molar-refractivity contribution in [3.05, 3.63) is 65.7 Å². The van der Waals surface area contributed by atoms with Crippen LogP contribution in [0.4, 0.5) is 4.79 Å². The van der Waals surface area contributed by atoms with Crippen LogP contribution in [0.3, 0.4) is 0 Å². The predicted octanol–water partition coefficient (Wildman–Crippen LogP) is 7.18. The summed E-state index contributed by atoms with van der Waals surface area (Å²) in [6.07, 6.45) is -0.380. The van der Waals surface area contributed by atoms with Gasteiger partial charge in [-0.05, 0) is 94.4 Å². The fourth-order valence-electron chi connectivity index (χ4n) is 5.86. The van der Waals surface area contributed by atoms with Crippen molar-refractivity contribution in [2.75, 3.05) is 0 Å². The summed E-state index contributed by atoms with van der Waals surface area (Å²) < 4.78 is 20.3. The summed E-state index contributed by atoms with van der Waals surface area (Å²) in [5.41, 5.74) is 5.89. The van der Waals surface area contributed by atoms with Gasteiger partial charge in [0.25, 0.3) is 0 Å². The SMILES string of the molecule is CC(C)(C)OC(=O)n1c2ccc(B3OC(C)(C)C(C)(C)O3)cc2c2cc3c(cc21)C(C)(C)c1ccccc1-3. The highest BCUT2D eigenvalue weighted by Crippen LogP contribution is 2.50. The first kappa shape index (κ1) is 25.2. The molecular weight excluding hydrogens is 473 g/mol. The van der Waals surface area contributed by atoms with Crippen LogP contribution in [-0.4, -0.2) is 34.6 Å². The molecule has 5 nitrogen and oxygen atoms in total. The second-order valence-electron chi connectivity index (χ2n) is 13.3. The Morgan fingerprint density at radius 2 is 1.42 bits per heavy atom. The monoisotopic (exact) mass is 509 g/mol. The quantitative estimate of drug-likeness (QED) is 0.255. The van der Waals surface area contributed by atoms with Crippen molar-refractivity contribution in [2.45, 2.75) is 84.5 Å². The number of nitrogens with zero attached hydrogens (tertiary/aromatic N) is 1. The molecule has 0 bridgehead atoms. The second-order valence-corrected chi connectivity index (χ2v) is 13.3. The minimum Gasteiger partial charge on any atom is -0.443 e. The average molecular weight is 509 g/mol. The standard InChI is InChI=1S/C32H36BNO4/c1-29(2,3)36-28(35)34-26-15-14-19(33-37-31(6,7)32(8,9)38-33)16-22(26)23-17-21-20-12-10-11-13-24(20)30(4,5)25(21)18-27(23)34/h10-18H,1-9H3. The Balaban J connectivity index is 1.61.